The second kappa shape index (κ2) is 7.08. The third kappa shape index (κ3) is 7.08. The standard InChI is InChI=1S/C8H10O/c1-2-3-4-5-6-7-8-9/h9H,2,5,8H2,1H3/i2D2,5D2,8D2. The van der Waals surface area contributed by atoms with Crippen molar-refractivity contribution in [3.05, 3.63) is 0 Å². The molecule has 0 aliphatic carbocycles. The Balaban J connectivity index is 4.82. The smallest absolute Gasteiger partial charge is 0.104 e. The minimum atomic E-state index is -2.78. The topological polar surface area (TPSA) is 20.2 Å². The zero-order chi connectivity index (χ0) is 12.3. The lowest BCUT2D eigenvalue weighted by Crippen LogP contribution is -1.70. The molecule has 0 heterocycles. The molecule has 0 aliphatic heterocycles. The molecule has 0 fully saturated rings. The van der Waals surface area contributed by atoms with E-state index in [1.54, 1.807) is 11.8 Å². The molecular formula is C8H10O. The molecule has 0 spiro atoms. The van der Waals surface area contributed by atoms with Crippen molar-refractivity contribution in [3.63, 3.8) is 0 Å². The van der Waals surface area contributed by atoms with E-state index in [2.05, 4.69) is 0 Å². The maximum atomic E-state index is 8.58. The average molecular weight is 128 g/mol. The summed E-state index contributed by atoms with van der Waals surface area (Å²) in [5.74, 6) is 7.36. The van der Waals surface area contributed by atoms with Gasteiger partial charge in [-0.3, -0.25) is 0 Å². The molecule has 0 saturated heterocycles. The molecular weight excluding hydrogens is 112 g/mol. The molecule has 9 heavy (non-hydrogen) atoms. The van der Waals surface area contributed by atoms with Crippen molar-refractivity contribution in [2.75, 3.05) is 6.56 Å². The molecule has 0 bridgehead atoms. The van der Waals surface area contributed by atoms with Crippen molar-refractivity contribution in [1.82, 2.24) is 0 Å². The fourth-order valence-electron chi connectivity index (χ4n) is 0.184. The average Bonchev–Trinajstić information content (AvgIpc) is 1.96. The van der Waals surface area contributed by atoms with Crippen LogP contribution >= 0.6 is 0 Å². The van der Waals surface area contributed by atoms with Crippen LogP contribution in [0.1, 0.15) is 27.9 Å². The van der Waals surface area contributed by atoms with Crippen molar-refractivity contribution < 1.29 is 13.3 Å². The minimum absolute atomic E-state index is 1.16. The fraction of sp³-hybridized carbons (Fsp3) is 0.500. The van der Waals surface area contributed by atoms with Crippen molar-refractivity contribution >= 4 is 0 Å². The molecule has 0 aromatic heterocycles. The summed E-state index contributed by atoms with van der Waals surface area (Å²) in [6, 6.07) is 0. The Bertz CT molecular complexity index is 306. The normalized spacial score (nSPS) is 21.1. The Labute approximate surface area is 64.5 Å². The van der Waals surface area contributed by atoms with Crippen LogP contribution in [-0.4, -0.2) is 11.7 Å². The Kier molecular flexibility index (Phi) is 1.86. The number of hydrogen-bond acceptors (Lipinski definition) is 1. The molecule has 0 amide bonds. The largest absolute Gasteiger partial charge is 0.384 e. The third-order valence-corrected chi connectivity index (χ3v) is 0.431. The second-order valence-electron chi connectivity index (χ2n) is 0.987. The summed E-state index contributed by atoms with van der Waals surface area (Å²) >= 11 is 0. The van der Waals surface area contributed by atoms with Gasteiger partial charge in [0.05, 0.1) is 11.9 Å². The van der Waals surface area contributed by atoms with Gasteiger partial charge < -0.3 is 5.11 Å². The first-order valence-electron chi connectivity index (χ1n) is 5.22. The van der Waals surface area contributed by atoms with E-state index in [1.807, 2.05) is 11.8 Å². The van der Waals surface area contributed by atoms with E-state index in [9.17, 15) is 0 Å². The molecule has 0 saturated carbocycles. The van der Waals surface area contributed by atoms with Gasteiger partial charge in [0.2, 0.25) is 0 Å². The summed E-state index contributed by atoms with van der Waals surface area (Å²) in [5.41, 5.74) is 0. The molecule has 0 aliphatic rings. The van der Waals surface area contributed by atoms with Crippen LogP contribution < -0.4 is 0 Å². The first-order valence-corrected chi connectivity index (χ1v) is 2.22. The Hall–Kier alpha value is -0.920. The maximum Gasteiger partial charge on any atom is 0.104 e. The summed E-state index contributed by atoms with van der Waals surface area (Å²) in [4.78, 5) is 0. The van der Waals surface area contributed by atoms with Crippen LogP contribution in [0.5, 0.6) is 0 Å². The van der Waals surface area contributed by atoms with Gasteiger partial charge in [-0.2, -0.15) is 0 Å². The van der Waals surface area contributed by atoms with E-state index in [0.717, 1.165) is 6.92 Å². The maximum absolute atomic E-state index is 8.58. The predicted octanol–water partition coefficient (Wildman–Crippen LogP) is 0.786. The van der Waals surface area contributed by atoms with Gasteiger partial charge in [0, 0.05) is 9.11 Å². The summed E-state index contributed by atoms with van der Waals surface area (Å²) in [7, 11) is 0. The Morgan fingerprint density at radius 3 is 2.56 bits per heavy atom. The van der Waals surface area contributed by atoms with Crippen LogP contribution in [-0.2, 0) is 0 Å². The van der Waals surface area contributed by atoms with Crippen LogP contribution in [0, 0.1) is 23.7 Å². The number of hydrogen-bond donors (Lipinski definition) is 1. The highest BCUT2D eigenvalue weighted by Gasteiger charge is 1.64. The summed E-state index contributed by atoms with van der Waals surface area (Å²) in [5, 5.41) is 8.58. The Morgan fingerprint density at radius 2 is 2.00 bits per heavy atom. The van der Waals surface area contributed by atoms with Crippen molar-refractivity contribution in [3.8, 4) is 23.7 Å². The van der Waals surface area contributed by atoms with Crippen molar-refractivity contribution in [2.45, 2.75) is 19.7 Å². The molecule has 0 unspecified atom stereocenters. The number of aliphatic hydroxyl groups is 1. The molecule has 0 aromatic rings. The SMILES string of the molecule is [2H]C([2H])(C)C#CC([2H])([2H])C#CC([2H])([2H])O. The lowest BCUT2D eigenvalue weighted by Gasteiger charge is -1.70. The highest BCUT2D eigenvalue weighted by Crippen LogP contribution is 1.72. The highest BCUT2D eigenvalue weighted by molar-refractivity contribution is 5.11. The summed E-state index contributed by atoms with van der Waals surface area (Å²) < 4.78 is 41.6. The van der Waals surface area contributed by atoms with E-state index in [1.165, 1.54) is 0 Å². The van der Waals surface area contributed by atoms with Gasteiger partial charge in [0.15, 0.2) is 0 Å². The van der Waals surface area contributed by atoms with E-state index in [0.29, 0.717) is 0 Å². The molecule has 0 atom stereocenters. The third-order valence-electron chi connectivity index (χ3n) is 0.431. The van der Waals surface area contributed by atoms with Gasteiger partial charge in [0.25, 0.3) is 0 Å². The van der Waals surface area contributed by atoms with Gasteiger partial charge in [-0.25, -0.2) is 0 Å². The molecule has 1 N–H and O–H groups in total. The van der Waals surface area contributed by atoms with Crippen LogP contribution in [0.25, 0.3) is 0 Å². The van der Waals surface area contributed by atoms with E-state index in [-0.39, 0.29) is 0 Å². The van der Waals surface area contributed by atoms with Gasteiger partial charge in [-0.05, 0) is 0 Å². The first-order chi connectivity index (χ1) is 6.41. The Morgan fingerprint density at radius 1 is 1.33 bits per heavy atom. The zero-order valence-electron chi connectivity index (χ0n) is 10.9. The van der Waals surface area contributed by atoms with Crippen LogP contribution in [0.15, 0.2) is 0 Å². The van der Waals surface area contributed by atoms with Gasteiger partial charge in [0.1, 0.15) is 6.56 Å². The molecule has 48 valence electrons. The monoisotopic (exact) mass is 128 g/mol. The van der Waals surface area contributed by atoms with Gasteiger partial charge >= 0.3 is 0 Å². The van der Waals surface area contributed by atoms with Crippen molar-refractivity contribution in [2.24, 2.45) is 0 Å². The molecule has 0 aromatic carbocycles. The molecule has 1 nitrogen and oxygen atoms in total. The molecule has 1 heteroatoms. The van der Waals surface area contributed by atoms with Crippen LogP contribution in [0.4, 0.5) is 0 Å². The molecule has 0 radical (unpaired) electrons. The van der Waals surface area contributed by atoms with Gasteiger partial charge in [-0.1, -0.05) is 24.7 Å². The predicted molar refractivity (Wildman–Crippen MR) is 37.5 cm³/mol. The first kappa shape index (κ1) is 2.37. The minimum Gasteiger partial charge on any atom is -0.384 e. The van der Waals surface area contributed by atoms with Gasteiger partial charge in [-0.15, -0.1) is 5.92 Å². The lowest BCUT2D eigenvalue weighted by atomic mass is 10.4. The summed E-state index contributed by atoms with van der Waals surface area (Å²) in [6.45, 7) is -1.62. The van der Waals surface area contributed by atoms with E-state index >= 15 is 0 Å². The van der Waals surface area contributed by atoms with Crippen molar-refractivity contribution in [1.29, 1.82) is 0 Å². The second-order valence-corrected chi connectivity index (χ2v) is 0.987. The van der Waals surface area contributed by atoms with E-state index in [4.69, 9.17) is 13.3 Å². The molecule has 0 rings (SSSR count). The van der Waals surface area contributed by atoms with Crippen LogP contribution in [0.3, 0.4) is 0 Å². The number of rotatable bonds is 0. The lowest BCUT2D eigenvalue weighted by molar-refractivity contribution is 0.350. The summed E-state index contributed by atoms with van der Waals surface area (Å²) in [6.07, 6.45) is -4.19. The quantitative estimate of drug-likeness (QED) is 0.478. The fourth-order valence-corrected chi connectivity index (χ4v) is 0.184. The van der Waals surface area contributed by atoms with E-state index < -0.39 is 19.3 Å². The van der Waals surface area contributed by atoms with Crippen LogP contribution in [0.2, 0.25) is 0 Å². The zero-order valence-corrected chi connectivity index (χ0v) is 4.95. The highest BCUT2D eigenvalue weighted by atomic mass is 16.2.